The Morgan fingerprint density at radius 2 is 1.47 bits per heavy atom. The molecule has 152 valence electrons. The van der Waals surface area contributed by atoms with Crippen LogP contribution in [0.5, 0.6) is 0 Å². The van der Waals surface area contributed by atoms with Crippen LogP contribution >= 0.6 is 0 Å². The zero-order valence-electron chi connectivity index (χ0n) is 16.9. The van der Waals surface area contributed by atoms with Crippen molar-refractivity contribution in [1.82, 2.24) is 9.55 Å². The number of amides is 1. The lowest BCUT2D eigenvalue weighted by molar-refractivity contribution is -0.110. The Bertz CT molecular complexity index is 1640. The van der Waals surface area contributed by atoms with Crippen molar-refractivity contribution in [3.63, 3.8) is 0 Å². The number of nitrogens with one attached hydrogen (secondary N) is 1. The summed E-state index contributed by atoms with van der Waals surface area (Å²) in [5.41, 5.74) is 3.17. The lowest BCUT2D eigenvalue weighted by atomic mass is 10.1. The molecule has 1 aliphatic rings. The predicted octanol–water partition coefficient (Wildman–Crippen LogP) is 5.03. The molecule has 0 spiro atoms. The van der Waals surface area contributed by atoms with Gasteiger partial charge >= 0.3 is 0 Å². The van der Waals surface area contributed by atoms with E-state index in [4.69, 9.17) is 4.98 Å². The third kappa shape index (κ3) is 2.76. The first-order valence-corrected chi connectivity index (χ1v) is 10.3. The van der Waals surface area contributed by atoms with Crippen molar-refractivity contribution in [2.75, 3.05) is 5.32 Å². The van der Waals surface area contributed by atoms with Crippen LogP contribution in [0.15, 0.2) is 95.8 Å². The number of aromatic nitrogens is 2. The summed E-state index contributed by atoms with van der Waals surface area (Å²) in [6.45, 7) is 0. The van der Waals surface area contributed by atoms with E-state index in [1.165, 1.54) is 0 Å². The molecule has 0 atom stereocenters. The van der Waals surface area contributed by atoms with Gasteiger partial charge in [0, 0.05) is 16.6 Å². The minimum atomic E-state index is -0.210. The van der Waals surface area contributed by atoms with E-state index in [0.717, 1.165) is 27.7 Å². The first-order valence-electron chi connectivity index (χ1n) is 10.3. The second-order valence-electron chi connectivity index (χ2n) is 7.68. The van der Waals surface area contributed by atoms with E-state index in [1.54, 1.807) is 16.7 Å². The van der Waals surface area contributed by atoms with Crippen LogP contribution in [0.1, 0.15) is 11.4 Å². The monoisotopic (exact) mass is 415 g/mol. The molecule has 5 aromatic rings. The highest BCUT2D eigenvalue weighted by molar-refractivity contribution is 6.34. The maximum absolute atomic E-state index is 13.7. The molecule has 1 amide bonds. The standard InChI is InChI=1S/C27H17N3O2/c31-26-21(19-11-3-5-13-22(19)29-26)16-25-28-23-14-6-4-12-20(23)27(32)30(25)24-15-7-9-17-8-1-2-10-18(17)24/h1-16H,(H,29,31). The van der Waals surface area contributed by atoms with Crippen molar-refractivity contribution < 1.29 is 4.79 Å². The van der Waals surface area contributed by atoms with Crippen molar-refractivity contribution in [2.45, 2.75) is 0 Å². The van der Waals surface area contributed by atoms with Crippen molar-refractivity contribution in [1.29, 1.82) is 0 Å². The number of rotatable bonds is 2. The Kier molecular flexibility index (Phi) is 4.01. The van der Waals surface area contributed by atoms with Crippen LogP contribution in [0.4, 0.5) is 5.69 Å². The van der Waals surface area contributed by atoms with E-state index in [0.29, 0.717) is 22.3 Å². The van der Waals surface area contributed by atoms with E-state index >= 15 is 0 Å². The number of benzene rings is 4. The SMILES string of the molecule is O=C1Nc2ccccc2C1=Cc1nc2ccccc2c(=O)n1-c1cccc2ccccc12. The van der Waals surface area contributed by atoms with Crippen LogP contribution in [0.2, 0.25) is 0 Å². The normalized spacial score (nSPS) is 14.1. The molecule has 0 unspecified atom stereocenters. The second kappa shape index (κ2) is 7.03. The maximum atomic E-state index is 13.7. The minimum Gasteiger partial charge on any atom is -0.321 e. The number of hydrogen-bond donors (Lipinski definition) is 1. The van der Waals surface area contributed by atoms with Gasteiger partial charge in [0.25, 0.3) is 11.5 Å². The molecule has 0 aliphatic carbocycles. The number of carbonyl (C=O) groups excluding carboxylic acids is 1. The van der Waals surface area contributed by atoms with Gasteiger partial charge in [0.2, 0.25) is 0 Å². The first kappa shape index (κ1) is 18.3. The van der Waals surface area contributed by atoms with Crippen LogP contribution in [0.3, 0.4) is 0 Å². The topological polar surface area (TPSA) is 64.0 Å². The van der Waals surface area contributed by atoms with Gasteiger partial charge in [0.15, 0.2) is 0 Å². The van der Waals surface area contributed by atoms with Gasteiger partial charge < -0.3 is 5.32 Å². The summed E-state index contributed by atoms with van der Waals surface area (Å²) in [4.78, 5) is 31.2. The molecule has 32 heavy (non-hydrogen) atoms. The highest BCUT2D eigenvalue weighted by Gasteiger charge is 2.25. The maximum Gasteiger partial charge on any atom is 0.266 e. The van der Waals surface area contributed by atoms with E-state index in [2.05, 4.69) is 5.32 Å². The number of hydrogen-bond acceptors (Lipinski definition) is 3. The third-order valence-corrected chi connectivity index (χ3v) is 5.79. The van der Waals surface area contributed by atoms with Crippen LogP contribution in [-0.4, -0.2) is 15.5 Å². The first-order chi connectivity index (χ1) is 15.7. The Morgan fingerprint density at radius 1 is 0.750 bits per heavy atom. The van der Waals surface area contributed by atoms with Gasteiger partial charge in [-0.2, -0.15) is 0 Å². The van der Waals surface area contributed by atoms with Crippen molar-refractivity contribution in [3.8, 4) is 5.69 Å². The Labute approximate surface area is 183 Å². The second-order valence-corrected chi connectivity index (χ2v) is 7.68. The van der Waals surface area contributed by atoms with Crippen LogP contribution < -0.4 is 10.9 Å². The summed E-state index contributed by atoms with van der Waals surface area (Å²) >= 11 is 0. The fraction of sp³-hybridized carbons (Fsp3) is 0. The zero-order valence-corrected chi connectivity index (χ0v) is 16.9. The molecule has 2 heterocycles. The molecule has 5 nitrogen and oxygen atoms in total. The van der Waals surface area contributed by atoms with Gasteiger partial charge in [-0.05, 0) is 35.7 Å². The average Bonchev–Trinajstić information content (AvgIpc) is 3.14. The molecule has 1 aromatic heterocycles. The molecule has 0 fully saturated rings. The average molecular weight is 415 g/mol. The summed E-state index contributed by atoms with van der Waals surface area (Å²) in [5.74, 6) is 0.199. The highest BCUT2D eigenvalue weighted by Crippen LogP contribution is 2.33. The molecule has 0 bridgehead atoms. The van der Waals surface area contributed by atoms with Gasteiger partial charge in [-0.25, -0.2) is 4.98 Å². The lowest BCUT2D eigenvalue weighted by Gasteiger charge is -2.14. The number of anilines is 1. The lowest BCUT2D eigenvalue weighted by Crippen LogP contribution is -2.23. The Balaban J connectivity index is 1.71. The fourth-order valence-corrected chi connectivity index (χ4v) is 4.29. The quantitative estimate of drug-likeness (QED) is 0.411. The van der Waals surface area contributed by atoms with Gasteiger partial charge in [0.05, 0.1) is 22.2 Å². The predicted molar refractivity (Wildman–Crippen MR) is 128 cm³/mol. The van der Waals surface area contributed by atoms with E-state index < -0.39 is 0 Å². The molecule has 4 aromatic carbocycles. The minimum absolute atomic E-state index is 0.175. The van der Waals surface area contributed by atoms with Crippen molar-refractivity contribution >= 4 is 44.9 Å². The van der Waals surface area contributed by atoms with Crippen LogP contribution in [0.25, 0.3) is 39.0 Å². The smallest absolute Gasteiger partial charge is 0.266 e. The summed E-state index contributed by atoms with van der Waals surface area (Å²) in [7, 11) is 0. The largest absolute Gasteiger partial charge is 0.321 e. The molecular weight excluding hydrogens is 398 g/mol. The van der Waals surface area contributed by atoms with Crippen molar-refractivity contribution in [3.05, 3.63) is 113 Å². The zero-order chi connectivity index (χ0) is 21.7. The summed E-state index contributed by atoms with van der Waals surface area (Å²) < 4.78 is 1.60. The van der Waals surface area contributed by atoms with Gasteiger partial charge in [0.1, 0.15) is 5.82 Å². The Morgan fingerprint density at radius 3 is 2.38 bits per heavy atom. The molecule has 0 saturated carbocycles. The molecule has 5 heteroatoms. The van der Waals surface area contributed by atoms with Gasteiger partial charge in [-0.1, -0.05) is 66.7 Å². The highest BCUT2D eigenvalue weighted by atomic mass is 16.2. The number of carbonyl (C=O) groups is 1. The third-order valence-electron chi connectivity index (χ3n) is 5.79. The molecule has 0 saturated heterocycles. The van der Waals surface area contributed by atoms with Gasteiger partial charge in [-0.3, -0.25) is 14.2 Å². The number of para-hydroxylation sites is 2. The van der Waals surface area contributed by atoms with Crippen molar-refractivity contribution in [2.24, 2.45) is 0 Å². The molecule has 0 radical (unpaired) electrons. The fourth-order valence-electron chi connectivity index (χ4n) is 4.29. The van der Waals surface area contributed by atoms with Crippen LogP contribution in [0, 0.1) is 0 Å². The summed E-state index contributed by atoms with van der Waals surface area (Å²) in [6, 6.07) is 28.5. The van der Waals surface area contributed by atoms with Crippen LogP contribution in [-0.2, 0) is 4.79 Å². The summed E-state index contributed by atoms with van der Waals surface area (Å²) in [5, 5.41) is 5.37. The summed E-state index contributed by atoms with van der Waals surface area (Å²) in [6.07, 6.45) is 1.71. The van der Waals surface area contributed by atoms with E-state index in [-0.39, 0.29) is 11.5 Å². The molecule has 1 N–H and O–H groups in total. The number of nitrogens with zero attached hydrogens (tertiary/aromatic N) is 2. The molecule has 1 aliphatic heterocycles. The Hall–Kier alpha value is -4.51. The van der Waals surface area contributed by atoms with Gasteiger partial charge in [-0.15, -0.1) is 0 Å². The van der Waals surface area contributed by atoms with E-state index in [1.807, 2.05) is 84.9 Å². The molecule has 6 rings (SSSR count). The van der Waals surface area contributed by atoms with E-state index in [9.17, 15) is 9.59 Å². The molecular formula is C27H17N3O2. The number of fused-ring (bicyclic) bond motifs is 3.